The van der Waals surface area contributed by atoms with Gasteiger partial charge in [0, 0.05) is 22.6 Å². The van der Waals surface area contributed by atoms with Gasteiger partial charge in [0.25, 0.3) is 10.0 Å². The molecule has 212 valence electrons. The largest absolute Gasteiger partial charge is 0.352 e. The number of hydrogen-bond donors (Lipinski definition) is 1. The molecule has 40 heavy (non-hydrogen) atoms. The topological polar surface area (TPSA) is 86.8 Å². The van der Waals surface area contributed by atoms with E-state index in [1.807, 2.05) is 13.0 Å². The Balaban J connectivity index is 1.70. The maximum absolute atomic E-state index is 14.1. The minimum absolute atomic E-state index is 0.00257. The summed E-state index contributed by atoms with van der Waals surface area (Å²) < 4.78 is 28.7. The number of halogens is 2. The van der Waals surface area contributed by atoms with Gasteiger partial charge in [-0.1, -0.05) is 79.4 Å². The summed E-state index contributed by atoms with van der Waals surface area (Å²) in [4.78, 5) is 29.0. The van der Waals surface area contributed by atoms with Gasteiger partial charge >= 0.3 is 0 Å². The normalized spacial score (nSPS) is 14.5. The van der Waals surface area contributed by atoms with Crippen molar-refractivity contribution in [3.63, 3.8) is 0 Å². The average Bonchev–Trinajstić information content (AvgIpc) is 3.46. The van der Waals surface area contributed by atoms with Gasteiger partial charge in [0.1, 0.15) is 12.6 Å². The summed E-state index contributed by atoms with van der Waals surface area (Å²) in [5, 5.41) is 3.95. The Morgan fingerprint density at radius 2 is 1.55 bits per heavy atom. The molecule has 2 amide bonds. The molecular weight excluding hydrogens is 569 g/mol. The van der Waals surface area contributed by atoms with Gasteiger partial charge in [-0.2, -0.15) is 0 Å². The second-order valence-electron chi connectivity index (χ2n) is 9.83. The number of amides is 2. The average molecular weight is 603 g/mol. The number of para-hydroxylation sites is 1. The number of benzene rings is 3. The highest BCUT2D eigenvalue weighted by Crippen LogP contribution is 2.27. The molecule has 4 rings (SSSR count). The van der Waals surface area contributed by atoms with Crippen LogP contribution in [-0.2, 0) is 26.2 Å². The van der Waals surface area contributed by atoms with Crippen LogP contribution in [0.4, 0.5) is 5.69 Å². The van der Waals surface area contributed by atoms with Crippen LogP contribution in [0, 0.1) is 0 Å². The lowest BCUT2D eigenvalue weighted by Gasteiger charge is -2.34. The van der Waals surface area contributed by atoms with Crippen LogP contribution in [0.1, 0.15) is 44.6 Å². The number of nitrogens with one attached hydrogen (secondary N) is 1. The van der Waals surface area contributed by atoms with Crippen molar-refractivity contribution in [2.45, 2.75) is 62.6 Å². The highest BCUT2D eigenvalue weighted by Gasteiger charge is 2.34. The quantitative estimate of drug-likeness (QED) is 0.289. The first-order valence-electron chi connectivity index (χ1n) is 13.4. The van der Waals surface area contributed by atoms with E-state index in [2.05, 4.69) is 5.32 Å². The Morgan fingerprint density at radius 1 is 0.925 bits per heavy atom. The number of carbonyl (C=O) groups is 2. The zero-order valence-electron chi connectivity index (χ0n) is 22.3. The molecule has 0 unspecified atom stereocenters. The molecule has 10 heteroatoms. The van der Waals surface area contributed by atoms with E-state index in [-0.39, 0.29) is 23.4 Å². The van der Waals surface area contributed by atoms with Crippen molar-refractivity contribution in [1.82, 2.24) is 10.2 Å². The lowest BCUT2D eigenvalue weighted by Crippen LogP contribution is -2.53. The molecule has 0 aliphatic heterocycles. The number of carbonyl (C=O) groups excluding carboxylic acids is 2. The molecule has 1 fully saturated rings. The number of nitrogens with zero attached hydrogens (tertiary/aromatic N) is 2. The first kappa shape index (κ1) is 29.9. The molecule has 7 nitrogen and oxygen atoms in total. The number of rotatable bonds is 11. The zero-order valence-corrected chi connectivity index (χ0v) is 24.6. The fourth-order valence-corrected chi connectivity index (χ4v) is 6.69. The molecule has 0 saturated heterocycles. The van der Waals surface area contributed by atoms with E-state index in [0.717, 1.165) is 30.0 Å². The van der Waals surface area contributed by atoms with Gasteiger partial charge in [-0.3, -0.25) is 13.9 Å². The molecule has 3 aromatic carbocycles. The second-order valence-corrected chi connectivity index (χ2v) is 12.5. The lowest BCUT2D eigenvalue weighted by molar-refractivity contribution is -0.140. The van der Waals surface area contributed by atoms with Gasteiger partial charge in [-0.25, -0.2) is 8.42 Å². The van der Waals surface area contributed by atoms with Gasteiger partial charge in [0.15, 0.2) is 0 Å². The van der Waals surface area contributed by atoms with Crippen molar-refractivity contribution < 1.29 is 18.0 Å². The summed E-state index contributed by atoms with van der Waals surface area (Å²) in [6.07, 6.45) is 4.27. The van der Waals surface area contributed by atoms with E-state index in [9.17, 15) is 18.0 Å². The Morgan fingerprint density at radius 3 is 2.17 bits per heavy atom. The summed E-state index contributed by atoms with van der Waals surface area (Å²) in [6, 6.07) is 20.6. The van der Waals surface area contributed by atoms with Crippen molar-refractivity contribution in [2.24, 2.45) is 0 Å². The third kappa shape index (κ3) is 7.16. The van der Waals surface area contributed by atoms with Crippen LogP contribution in [-0.4, -0.2) is 43.8 Å². The van der Waals surface area contributed by atoms with E-state index < -0.39 is 28.5 Å². The summed E-state index contributed by atoms with van der Waals surface area (Å²) >= 11 is 12.4. The SMILES string of the molecule is CC[C@@H](C(=O)NC1CCCC1)N(Cc1ccccc1Cl)C(=O)CN(c1ccccc1)S(=O)(=O)c1ccc(Cl)cc1. The zero-order chi connectivity index (χ0) is 28.7. The van der Waals surface area contributed by atoms with Crippen molar-refractivity contribution in [2.75, 3.05) is 10.8 Å². The fraction of sp³-hybridized carbons (Fsp3) is 0.333. The predicted molar refractivity (Wildman–Crippen MR) is 159 cm³/mol. The smallest absolute Gasteiger partial charge is 0.264 e. The van der Waals surface area contributed by atoms with Gasteiger partial charge < -0.3 is 10.2 Å². The van der Waals surface area contributed by atoms with E-state index in [1.165, 1.54) is 29.2 Å². The Bertz CT molecular complexity index is 1410. The summed E-state index contributed by atoms with van der Waals surface area (Å²) in [6.45, 7) is 1.39. The summed E-state index contributed by atoms with van der Waals surface area (Å²) in [5.74, 6) is -0.767. The molecule has 1 atom stereocenters. The molecule has 1 N–H and O–H groups in total. The van der Waals surface area contributed by atoms with E-state index >= 15 is 0 Å². The molecule has 0 aromatic heterocycles. The first-order chi connectivity index (χ1) is 19.2. The Kier molecular flexibility index (Phi) is 10.1. The highest BCUT2D eigenvalue weighted by atomic mass is 35.5. The molecule has 3 aromatic rings. The van der Waals surface area contributed by atoms with Crippen molar-refractivity contribution in [1.29, 1.82) is 0 Å². The summed E-state index contributed by atoms with van der Waals surface area (Å²) in [7, 11) is -4.15. The van der Waals surface area contributed by atoms with Crippen LogP contribution < -0.4 is 9.62 Å². The lowest BCUT2D eigenvalue weighted by atomic mass is 10.1. The summed E-state index contributed by atoms with van der Waals surface area (Å²) in [5.41, 5.74) is 0.989. The van der Waals surface area contributed by atoms with Gasteiger partial charge in [0.05, 0.1) is 10.6 Å². The number of anilines is 1. The van der Waals surface area contributed by atoms with Crippen molar-refractivity contribution in [3.8, 4) is 0 Å². The molecule has 0 bridgehead atoms. The molecule has 1 aliphatic carbocycles. The molecule has 0 radical (unpaired) electrons. The van der Waals surface area contributed by atoms with Gasteiger partial charge in [-0.05, 0) is 67.3 Å². The minimum atomic E-state index is -4.15. The predicted octanol–water partition coefficient (Wildman–Crippen LogP) is 6.05. The molecule has 0 heterocycles. The minimum Gasteiger partial charge on any atom is -0.352 e. The molecular formula is C30H33Cl2N3O4S. The van der Waals surface area contributed by atoms with Gasteiger partial charge in [-0.15, -0.1) is 0 Å². The highest BCUT2D eigenvalue weighted by molar-refractivity contribution is 7.92. The Labute approximate surface area is 246 Å². The number of sulfonamides is 1. The molecule has 1 aliphatic rings. The van der Waals surface area contributed by atoms with Crippen LogP contribution in [0.15, 0.2) is 83.8 Å². The van der Waals surface area contributed by atoms with E-state index in [0.29, 0.717) is 27.7 Å². The first-order valence-corrected chi connectivity index (χ1v) is 15.6. The third-order valence-electron chi connectivity index (χ3n) is 7.11. The Hall–Kier alpha value is -3.07. The maximum atomic E-state index is 14.1. The maximum Gasteiger partial charge on any atom is 0.264 e. The van der Waals surface area contributed by atoms with Gasteiger partial charge in [0.2, 0.25) is 11.8 Å². The fourth-order valence-electron chi connectivity index (χ4n) is 4.95. The van der Waals surface area contributed by atoms with Crippen molar-refractivity contribution >= 4 is 50.7 Å². The third-order valence-corrected chi connectivity index (χ3v) is 9.52. The van der Waals surface area contributed by atoms with Crippen molar-refractivity contribution in [3.05, 3.63) is 94.5 Å². The number of hydrogen-bond acceptors (Lipinski definition) is 4. The van der Waals surface area contributed by atoms with E-state index in [1.54, 1.807) is 48.5 Å². The standard InChI is InChI=1S/C30H33Cl2N3O4S/c1-2-28(30(37)33-24-11-7-8-12-24)34(20-22-10-6-9-15-27(22)32)29(36)21-35(25-13-4-3-5-14-25)40(38,39)26-18-16-23(31)17-19-26/h3-6,9-10,13-19,24,28H,2,7-8,11-12,20-21H2,1H3,(H,33,37)/t28-/m0/s1. The van der Waals surface area contributed by atoms with Crippen LogP contribution in [0.25, 0.3) is 0 Å². The monoisotopic (exact) mass is 601 g/mol. The van der Waals surface area contributed by atoms with Crippen LogP contribution >= 0.6 is 23.2 Å². The van der Waals surface area contributed by atoms with E-state index in [4.69, 9.17) is 23.2 Å². The van der Waals surface area contributed by atoms with Crippen LogP contribution in [0.5, 0.6) is 0 Å². The second kappa shape index (κ2) is 13.5. The molecule has 0 spiro atoms. The van der Waals surface area contributed by atoms with Crippen LogP contribution in [0.3, 0.4) is 0 Å². The van der Waals surface area contributed by atoms with Crippen LogP contribution in [0.2, 0.25) is 10.0 Å². The molecule has 1 saturated carbocycles.